The molecule has 1 aliphatic rings. The maximum Gasteiger partial charge on any atom is 0.118 e. The number of benzene rings is 1. The lowest BCUT2D eigenvalue weighted by Gasteiger charge is -2.37. The van der Waals surface area contributed by atoms with E-state index in [-0.39, 0.29) is 11.6 Å². The second kappa shape index (κ2) is 7.78. The van der Waals surface area contributed by atoms with Gasteiger partial charge in [0.15, 0.2) is 0 Å². The Morgan fingerprint density at radius 1 is 1.24 bits per heavy atom. The maximum atomic E-state index is 6.11. The Labute approximate surface area is 128 Å². The van der Waals surface area contributed by atoms with Crippen molar-refractivity contribution in [3.05, 3.63) is 29.8 Å². The molecule has 1 aromatic rings. The van der Waals surface area contributed by atoms with E-state index >= 15 is 0 Å². The molecular weight excluding hydrogens is 264 g/mol. The lowest BCUT2D eigenvalue weighted by molar-refractivity contribution is -0.0632. The molecule has 0 radical (unpaired) electrons. The van der Waals surface area contributed by atoms with Crippen LogP contribution in [-0.4, -0.2) is 25.4 Å². The molecule has 1 unspecified atom stereocenters. The summed E-state index contributed by atoms with van der Waals surface area (Å²) in [7, 11) is 1.69. The van der Waals surface area contributed by atoms with Crippen molar-refractivity contribution in [3.8, 4) is 5.75 Å². The van der Waals surface area contributed by atoms with Crippen LogP contribution in [0.2, 0.25) is 0 Å². The van der Waals surface area contributed by atoms with Crippen molar-refractivity contribution < 1.29 is 9.47 Å². The normalized spacial score (nSPS) is 18.6. The summed E-state index contributed by atoms with van der Waals surface area (Å²) in [5.74, 6) is 6.72. The molecule has 0 bridgehead atoms. The van der Waals surface area contributed by atoms with Gasteiger partial charge in [0.1, 0.15) is 5.75 Å². The van der Waals surface area contributed by atoms with Gasteiger partial charge in [-0.05, 0) is 50.3 Å². The minimum absolute atomic E-state index is 0.0734. The SMILES string of the molecule is CCOC1(C(CCc2ccc(OC)cc2)NN)CCCC1. The molecule has 1 atom stereocenters. The van der Waals surface area contributed by atoms with E-state index in [4.69, 9.17) is 15.3 Å². The monoisotopic (exact) mass is 292 g/mol. The predicted molar refractivity (Wildman–Crippen MR) is 85.3 cm³/mol. The molecule has 118 valence electrons. The summed E-state index contributed by atoms with van der Waals surface area (Å²) in [5.41, 5.74) is 4.25. The lowest BCUT2D eigenvalue weighted by Crippen LogP contribution is -2.53. The Kier molecular flexibility index (Phi) is 6.03. The molecule has 1 aliphatic carbocycles. The first-order valence-corrected chi connectivity index (χ1v) is 7.97. The standard InChI is InChI=1S/C17H28N2O2/c1-3-21-17(12-4-5-13-17)16(19-18)11-8-14-6-9-15(20-2)10-7-14/h6-7,9-10,16,19H,3-5,8,11-13,18H2,1-2H3. The fraction of sp³-hybridized carbons (Fsp3) is 0.647. The average Bonchev–Trinajstić information content (AvgIpc) is 2.98. The van der Waals surface area contributed by atoms with Crippen LogP contribution in [0.4, 0.5) is 0 Å². The Balaban J connectivity index is 1.97. The number of nitrogens with two attached hydrogens (primary N) is 1. The van der Waals surface area contributed by atoms with Gasteiger partial charge in [-0.1, -0.05) is 25.0 Å². The zero-order valence-electron chi connectivity index (χ0n) is 13.2. The highest BCUT2D eigenvalue weighted by molar-refractivity contribution is 5.27. The zero-order chi connectivity index (χ0) is 15.1. The van der Waals surface area contributed by atoms with Gasteiger partial charge in [-0.3, -0.25) is 11.3 Å². The van der Waals surface area contributed by atoms with Gasteiger partial charge in [-0.2, -0.15) is 0 Å². The van der Waals surface area contributed by atoms with E-state index in [1.165, 1.54) is 18.4 Å². The van der Waals surface area contributed by atoms with E-state index in [1.807, 2.05) is 12.1 Å². The van der Waals surface area contributed by atoms with Crippen molar-refractivity contribution in [2.75, 3.05) is 13.7 Å². The molecule has 0 aliphatic heterocycles. The fourth-order valence-electron chi connectivity index (χ4n) is 3.46. The molecule has 1 saturated carbocycles. The number of hydrogen-bond donors (Lipinski definition) is 2. The molecule has 1 fully saturated rings. The van der Waals surface area contributed by atoms with Crippen LogP contribution in [0.25, 0.3) is 0 Å². The predicted octanol–water partition coefficient (Wildman–Crippen LogP) is 2.81. The number of hydrazine groups is 1. The number of rotatable bonds is 8. The number of hydrogen-bond acceptors (Lipinski definition) is 4. The molecule has 0 spiro atoms. The summed E-state index contributed by atoms with van der Waals surface area (Å²) in [6, 6.07) is 8.47. The Bertz CT molecular complexity index is 413. The van der Waals surface area contributed by atoms with Gasteiger partial charge >= 0.3 is 0 Å². The highest BCUT2D eigenvalue weighted by Gasteiger charge is 2.41. The topological polar surface area (TPSA) is 56.5 Å². The molecule has 3 N–H and O–H groups in total. The van der Waals surface area contributed by atoms with Gasteiger partial charge < -0.3 is 9.47 Å². The van der Waals surface area contributed by atoms with E-state index in [2.05, 4.69) is 24.5 Å². The second-order valence-electron chi connectivity index (χ2n) is 5.81. The fourth-order valence-corrected chi connectivity index (χ4v) is 3.46. The van der Waals surface area contributed by atoms with Crippen LogP contribution in [0.1, 0.15) is 44.6 Å². The molecule has 0 aromatic heterocycles. The lowest BCUT2D eigenvalue weighted by atomic mass is 9.88. The van der Waals surface area contributed by atoms with Crippen LogP contribution in [-0.2, 0) is 11.2 Å². The Morgan fingerprint density at radius 3 is 2.43 bits per heavy atom. The van der Waals surface area contributed by atoms with Crippen molar-refractivity contribution >= 4 is 0 Å². The van der Waals surface area contributed by atoms with E-state index in [1.54, 1.807) is 7.11 Å². The minimum Gasteiger partial charge on any atom is -0.497 e. The van der Waals surface area contributed by atoms with Gasteiger partial charge in [-0.25, -0.2) is 0 Å². The van der Waals surface area contributed by atoms with Crippen LogP contribution >= 0.6 is 0 Å². The first-order valence-electron chi connectivity index (χ1n) is 7.97. The highest BCUT2D eigenvalue weighted by Crippen LogP contribution is 2.37. The summed E-state index contributed by atoms with van der Waals surface area (Å²) in [6.45, 7) is 2.82. The molecule has 0 heterocycles. The van der Waals surface area contributed by atoms with Gasteiger partial charge in [-0.15, -0.1) is 0 Å². The van der Waals surface area contributed by atoms with Crippen molar-refractivity contribution in [3.63, 3.8) is 0 Å². The van der Waals surface area contributed by atoms with E-state index < -0.39 is 0 Å². The number of ether oxygens (including phenoxy) is 2. The first kappa shape index (κ1) is 16.3. The molecular formula is C17H28N2O2. The first-order chi connectivity index (χ1) is 10.2. The molecule has 21 heavy (non-hydrogen) atoms. The van der Waals surface area contributed by atoms with E-state index in [9.17, 15) is 0 Å². The van der Waals surface area contributed by atoms with Crippen LogP contribution < -0.4 is 16.0 Å². The van der Waals surface area contributed by atoms with Crippen LogP contribution in [0.3, 0.4) is 0 Å². The molecule has 0 saturated heterocycles. The van der Waals surface area contributed by atoms with E-state index in [0.717, 1.165) is 38.0 Å². The maximum absolute atomic E-state index is 6.11. The molecule has 0 amide bonds. The second-order valence-corrected chi connectivity index (χ2v) is 5.81. The van der Waals surface area contributed by atoms with Gasteiger partial charge in [0, 0.05) is 6.61 Å². The molecule has 4 heteroatoms. The van der Waals surface area contributed by atoms with E-state index in [0.29, 0.717) is 0 Å². The quantitative estimate of drug-likeness (QED) is 0.571. The van der Waals surface area contributed by atoms with Crippen LogP contribution in [0, 0.1) is 0 Å². The largest absolute Gasteiger partial charge is 0.497 e. The summed E-state index contributed by atoms with van der Waals surface area (Å²) in [4.78, 5) is 0. The summed E-state index contributed by atoms with van der Waals surface area (Å²) in [6.07, 6.45) is 6.68. The zero-order valence-corrected chi connectivity index (χ0v) is 13.2. The third-order valence-electron chi connectivity index (χ3n) is 4.60. The summed E-state index contributed by atoms with van der Waals surface area (Å²) >= 11 is 0. The smallest absolute Gasteiger partial charge is 0.118 e. The third-order valence-corrected chi connectivity index (χ3v) is 4.60. The van der Waals surface area contributed by atoms with Crippen molar-refractivity contribution in [1.29, 1.82) is 0 Å². The third kappa shape index (κ3) is 3.96. The van der Waals surface area contributed by atoms with Gasteiger partial charge in [0.2, 0.25) is 0 Å². The average molecular weight is 292 g/mol. The van der Waals surface area contributed by atoms with Crippen molar-refractivity contribution in [2.24, 2.45) is 5.84 Å². The molecule has 1 aromatic carbocycles. The minimum atomic E-state index is -0.0734. The highest BCUT2D eigenvalue weighted by atomic mass is 16.5. The number of aryl methyl sites for hydroxylation is 1. The summed E-state index contributed by atoms with van der Waals surface area (Å²) < 4.78 is 11.3. The van der Waals surface area contributed by atoms with Gasteiger partial charge in [0.05, 0.1) is 18.8 Å². The molecule has 2 rings (SSSR count). The number of methoxy groups -OCH3 is 1. The van der Waals surface area contributed by atoms with Gasteiger partial charge in [0.25, 0.3) is 0 Å². The Morgan fingerprint density at radius 2 is 1.90 bits per heavy atom. The summed E-state index contributed by atoms with van der Waals surface area (Å²) in [5, 5.41) is 0. The Hall–Kier alpha value is -1.10. The van der Waals surface area contributed by atoms with Crippen LogP contribution in [0.15, 0.2) is 24.3 Å². The van der Waals surface area contributed by atoms with Crippen LogP contribution in [0.5, 0.6) is 5.75 Å². The number of nitrogens with one attached hydrogen (secondary N) is 1. The molecule has 4 nitrogen and oxygen atoms in total. The van der Waals surface area contributed by atoms with Crippen molar-refractivity contribution in [2.45, 2.75) is 57.1 Å². The van der Waals surface area contributed by atoms with Crippen molar-refractivity contribution in [1.82, 2.24) is 5.43 Å².